The summed E-state index contributed by atoms with van der Waals surface area (Å²) in [5.41, 5.74) is 1.02. The number of nitrogens with one attached hydrogen (secondary N) is 1. The molecule has 1 atom stereocenters. The second-order valence-corrected chi connectivity index (χ2v) is 4.82. The Labute approximate surface area is 114 Å². The Bertz CT molecular complexity index is 391. The predicted octanol–water partition coefficient (Wildman–Crippen LogP) is 0.461. The predicted molar refractivity (Wildman–Crippen MR) is 72.8 cm³/mol. The third kappa shape index (κ3) is 4.61. The molecule has 1 N–H and O–H groups in total. The molecule has 5 heteroatoms. The molecule has 5 nitrogen and oxygen atoms in total. The van der Waals surface area contributed by atoms with E-state index in [9.17, 15) is 4.79 Å². The summed E-state index contributed by atoms with van der Waals surface area (Å²) >= 11 is 0. The summed E-state index contributed by atoms with van der Waals surface area (Å²) in [7, 11) is 1.84. The van der Waals surface area contributed by atoms with E-state index in [-0.39, 0.29) is 11.9 Å². The summed E-state index contributed by atoms with van der Waals surface area (Å²) in [6.45, 7) is 2.89. The zero-order valence-electron chi connectivity index (χ0n) is 11.3. The number of hydrogen-bond acceptors (Lipinski definition) is 4. The summed E-state index contributed by atoms with van der Waals surface area (Å²) in [5.74, 6) is 0.152. The quantitative estimate of drug-likeness (QED) is 0.838. The van der Waals surface area contributed by atoms with Crippen LogP contribution in [-0.4, -0.2) is 55.2 Å². The third-order valence-corrected chi connectivity index (χ3v) is 3.27. The smallest absolute Gasteiger partial charge is 0.223 e. The van der Waals surface area contributed by atoms with Crippen LogP contribution in [-0.2, 0) is 16.0 Å². The average molecular weight is 263 g/mol. The Balaban J connectivity index is 1.72. The van der Waals surface area contributed by atoms with Gasteiger partial charge in [-0.2, -0.15) is 0 Å². The van der Waals surface area contributed by atoms with E-state index >= 15 is 0 Å². The first kappa shape index (κ1) is 14.0. The van der Waals surface area contributed by atoms with Gasteiger partial charge in [-0.3, -0.25) is 9.78 Å². The molecule has 19 heavy (non-hydrogen) atoms. The van der Waals surface area contributed by atoms with E-state index in [1.807, 2.05) is 25.2 Å². The average Bonchev–Trinajstić information content (AvgIpc) is 2.47. The summed E-state index contributed by atoms with van der Waals surface area (Å²) in [4.78, 5) is 18.1. The summed E-state index contributed by atoms with van der Waals surface area (Å²) < 4.78 is 5.35. The molecule has 0 aliphatic carbocycles. The van der Waals surface area contributed by atoms with Gasteiger partial charge in [0.1, 0.15) is 0 Å². The lowest BCUT2D eigenvalue weighted by Crippen LogP contribution is -2.44. The Morgan fingerprint density at radius 1 is 1.58 bits per heavy atom. The molecular weight excluding hydrogens is 242 g/mol. The maximum Gasteiger partial charge on any atom is 0.223 e. The minimum absolute atomic E-state index is 0.151. The van der Waals surface area contributed by atoms with Gasteiger partial charge in [0.05, 0.1) is 13.2 Å². The van der Waals surface area contributed by atoms with Crippen LogP contribution in [0.5, 0.6) is 0 Å². The molecule has 2 heterocycles. The van der Waals surface area contributed by atoms with E-state index in [0.717, 1.165) is 25.3 Å². The number of carbonyl (C=O) groups is 1. The monoisotopic (exact) mass is 263 g/mol. The van der Waals surface area contributed by atoms with Gasteiger partial charge in [-0.05, 0) is 12.1 Å². The lowest BCUT2D eigenvalue weighted by atomic mass is 10.1. The molecule has 1 aliphatic rings. The molecule has 1 aromatic heterocycles. The third-order valence-electron chi connectivity index (χ3n) is 3.27. The zero-order chi connectivity index (χ0) is 13.5. The lowest BCUT2D eigenvalue weighted by Gasteiger charge is -2.25. The van der Waals surface area contributed by atoms with Crippen LogP contribution in [0, 0.1) is 0 Å². The van der Waals surface area contributed by atoms with E-state index < -0.39 is 0 Å². The second kappa shape index (κ2) is 7.21. The van der Waals surface area contributed by atoms with Crippen molar-refractivity contribution >= 4 is 5.91 Å². The molecule has 104 valence electrons. The van der Waals surface area contributed by atoms with Crippen molar-refractivity contribution in [3.8, 4) is 0 Å². The summed E-state index contributed by atoms with van der Waals surface area (Å²) in [6, 6.07) is 5.99. The van der Waals surface area contributed by atoms with Gasteiger partial charge >= 0.3 is 0 Å². The van der Waals surface area contributed by atoms with Crippen molar-refractivity contribution in [2.45, 2.75) is 18.9 Å². The standard InChI is InChI=1S/C14H21N3O2/c1-17(8-5-12-4-2-3-6-15-12)14(18)10-13-11-19-9-7-16-13/h2-4,6,13,16H,5,7-11H2,1H3. The summed E-state index contributed by atoms with van der Waals surface area (Å²) in [5, 5.41) is 3.29. The number of ether oxygens (including phenoxy) is 1. The first-order chi connectivity index (χ1) is 9.25. The van der Waals surface area contributed by atoms with Gasteiger partial charge in [-0.1, -0.05) is 6.07 Å². The maximum absolute atomic E-state index is 12.0. The number of nitrogens with zero attached hydrogens (tertiary/aromatic N) is 2. The van der Waals surface area contributed by atoms with Crippen molar-refractivity contribution in [1.29, 1.82) is 0 Å². The number of likely N-dealkylation sites (N-methyl/N-ethyl adjacent to an activating group) is 1. The van der Waals surface area contributed by atoms with E-state index in [0.29, 0.717) is 19.6 Å². The molecule has 2 rings (SSSR count). The SMILES string of the molecule is CN(CCc1ccccn1)C(=O)CC1COCCN1. The molecule has 1 fully saturated rings. The van der Waals surface area contributed by atoms with Gasteiger partial charge in [-0.25, -0.2) is 0 Å². The van der Waals surface area contributed by atoms with Crippen LogP contribution in [0.25, 0.3) is 0 Å². The van der Waals surface area contributed by atoms with Crippen LogP contribution in [0.15, 0.2) is 24.4 Å². The number of amides is 1. The van der Waals surface area contributed by atoms with E-state index in [1.165, 1.54) is 0 Å². The molecule has 0 saturated carbocycles. The molecule has 0 radical (unpaired) electrons. The number of morpholine rings is 1. The van der Waals surface area contributed by atoms with Gasteiger partial charge in [-0.15, -0.1) is 0 Å². The highest BCUT2D eigenvalue weighted by atomic mass is 16.5. The Morgan fingerprint density at radius 2 is 2.47 bits per heavy atom. The highest BCUT2D eigenvalue weighted by Gasteiger charge is 2.19. The van der Waals surface area contributed by atoms with Crippen molar-refractivity contribution < 1.29 is 9.53 Å². The molecular formula is C14H21N3O2. The van der Waals surface area contributed by atoms with Crippen LogP contribution in [0.3, 0.4) is 0 Å². The van der Waals surface area contributed by atoms with Crippen molar-refractivity contribution in [1.82, 2.24) is 15.2 Å². The number of hydrogen-bond donors (Lipinski definition) is 1. The van der Waals surface area contributed by atoms with E-state index in [2.05, 4.69) is 10.3 Å². The fraction of sp³-hybridized carbons (Fsp3) is 0.571. The van der Waals surface area contributed by atoms with Crippen LogP contribution in [0.1, 0.15) is 12.1 Å². The van der Waals surface area contributed by atoms with Crippen molar-refractivity contribution in [3.63, 3.8) is 0 Å². The van der Waals surface area contributed by atoms with Gasteiger partial charge in [0, 0.05) is 50.9 Å². The van der Waals surface area contributed by atoms with Crippen LogP contribution in [0.2, 0.25) is 0 Å². The fourth-order valence-electron chi connectivity index (χ4n) is 2.07. The van der Waals surface area contributed by atoms with Crippen LogP contribution >= 0.6 is 0 Å². The number of rotatable bonds is 5. The van der Waals surface area contributed by atoms with Gasteiger partial charge in [0.25, 0.3) is 0 Å². The highest BCUT2D eigenvalue weighted by molar-refractivity contribution is 5.76. The largest absolute Gasteiger partial charge is 0.378 e. The molecule has 1 aliphatic heterocycles. The molecule has 0 aromatic carbocycles. The normalized spacial score (nSPS) is 19.1. The second-order valence-electron chi connectivity index (χ2n) is 4.82. The van der Waals surface area contributed by atoms with E-state index in [1.54, 1.807) is 11.1 Å². The number of aromatic nitrogens is 1. The number of carbonyl (C=O) groups excluding carboxylic acids is 1. The molecule has 0 bridgehead atoms. The first-order valence-electron chi connectivity index (χ1n) is 6.70. The lowest BCUT2D eigenvalue weighted by molar-refractivity contribution is -0.131. The maximum atomic E-state index is 12.0. The van der Waals surface area contributed by atoms with Crippen LogP contribution < -0.4 is 5.32 Å². The van der Waals surface area contributed by atoms with E-state index in [4.69, 9.17) is 4.74 Å². The zero-order valence-corrected chi connectivity index (χ0v) is 11.3. The number of pyridine rings is 1. The summed E-state index contributed by atoms with van der Waals surface area (Å²) in [6.07, 6.45) is 3.07. The first-order valence-corrected chi connectivity index (χ1v) is 6.70. The molecule has 1 aromatic rings. The highest BCUT2D eigenvalue weighted by Crippen LogP contribution is 2.03. The topological polar surface area (TPSA) is 54.5 Å². The van der Waals surface area contributed by atoms with Gasteiger partial charge in [0.2, 0.25) is 5.91 Å². The minimum Gasteiger partial charge on any atom is -0.378 e. The Morgan fingerprint density at radius 3 is 3.16 bits per heavy atom. The molecule has 1 amide bonds. The fourth-order valence-corrected chi connectivity index (χ4v) is 2.07. The van der Waals surface area contributed by atoms with Crippen molar-refractivity contribution in [2.75, 3.05) is 33.4 Å². The van der Waals surface area contributed by atoms with Gasteiger partial charge in [0.15, 0.2) is 0 Å². The Kier molecular flexibility index (Phi) is 5.30. The van der Waals surface area contributed by atoms with Gasteiger partial charge < -0.3 is 15.0 Å². The minimum atomic E-state index is 0.151. The Hall–Kier alpha value is -1.46. The van der Waals surface area contributed by atoms with Crippen molar-refractivity contribution in [2.24, 2.45) is 0 Å². The molecule has 1 saturated heterocycles. The molecule has 0 spiro atoms. The van der Waals surface area contributed by atoms with Crippen molar-refractivity contribution in [3.05, 3.63) is 30.1 Å². The molecule has 1 unspecified atom stereocenters. The van der Waals surface area contributed by atoms with Crippen LogP contribution in [0.4, 0.5) is 0 Å².